The van der Waals surface area contributed by atoms with Crippen molar-refractivity contribution in [2.75, 3.05) is 4.90 Å². The molecule has 21 heavy (non-hydrogen) atoms. The average molecular weight is 276 g/mol. The second kappa shape index (κ2) is 5.41. The molecule has 0 saturated heterocycles. The molecule has 0 N–H and O–H groups in total. The number of anilines is 1. The van der Waals surface area contributed by atoms with Gasteiger partial charge in [-0.05, 0) is 42.7 Å². The van der Waals surface area contributed by atoms with Crippen molar-refractivity contribution in [3.05, 3.63) is 65.2 Å². The summed E-state index contributed by atoms with van der Waals surface area (Å²) < 4.78 is 0. The molecule has 2 aromatic rings. The van der Waals surface area contributed by atoms with Crippen LogP contribution in [0.15, 0.2) is 48.5 Å². The minimum Gasteiger partial charge on any atom is -0.305 e. The summed E-state index contributed by atoms with van der Waals surface area (Å²) in [4.78, 5) is 14.7. The number of benzene rings is 2. The molecule has 1 aliphatic heterocycles. The predicted molar refractivity (Wildman–Crippen MR) is 82.2 cm³/mol. The fourth-order valence-corrected chi connectivity index (χ4v) is 2.92. The second-order valence-electron chi connectivity index (χ2n) is 5.39. The maximum atomic E-state index is 12.8. The third kappa shape index (κ3) is 2.41. The van der Waals surface area contributed by atoms with Crippen molar-refractivity contribution in [2.45, 2.75) is 25.8 Å². The van der Waals surface area contributed by atoms with Gasteiger partial charge in [-0.2, -0.15) is 5.26 Å². The van der Waals surface area contributed by atoms with Gasteiger partial charge in [0.2, 0.25) is 0 Å². The number of hydrogen-bond acceptors (Lipinski definition) is 2. The Hall–Kier alpha value is -2.60. The van der Waals surface area contributed by atoms with Crippen LogP contribution in [0, 0.1) is 11.3 Å². The van der Waals surface area contributed by atoms with E-state index in [9.17, 15) is 4.79 Å². The first kappa shape index (κ1) is 13.4. The van der Waals surface area contributed by atoms with Gasteiger partial charge >= 0.3 is 0 Å². The SMILES string of the molecule is CC1Cc2ccccc2N1C(=O)c1cccc(CC#N)c1. The van der Waals surface area contributed by atoms with Gasteiger partial charge in [0.1, 0.15) is 0 Å². The van der Waals surface area contributed by atoms with E-state index in [1.807, 2.05) is 47.4 Å². The average Bonchev–Trinajstić information content (AvgIpc) is 2.83. The van der Waals surface area contributed by atoms with Crippen molar-refractivity contribution in [3.63, 3.8) is 0 Å². The molecule has 0 aromatic heterocycles. The van der Waals surface area contributed by atoms with E-state index in [1.54, 1.807) is 0 Å². The number of nitrogens with zero attached hydrogens (tertiary/aromatic N) is 2. The Morgan fingerprint density at radius 1 is 1.29 bits per heavy atom. The molecule has 1 heterocycles. The van der Waals surface area contributed by atoms with Gasteiger partial charge in [-0.15, -0.1) is 0 Å². The third-order valence-corrected chi connectivity index (χ3v) is 3.88. The Morgan fingerprint density at radius 2 is 2.10 bits per heavy atom. The van der Waals surface area contributed by atoms with Crippen LogP contribution >= 0.6 is 0 Å². The fraction of sp³-hybridized carbons (Fsp3) is 0.222. The van der Waals surface area contributed by atoms with E-state index < -0.39 is 0 Å². The smallest absolute Gasteiger partial charge is 0.258 e. The van der Waals surface area contributed by atoms with Crippen LogP contribution < -0.4 is 4.90 Å². The standard InChI is InChI=1S/C18H16N2O/c1-13-11-15-6-2-3-8-17(15)20(13)18(21)16-7-4-5-14(12-16)9-10-19/h2-8,12-13H,9,11H2,1H3. The third-order valence-electron chi connectivity index (χ3n) is 3.88. The van der Waals surface area contributed by atoms with E-state index in [0.717, 1.165) is 17.7 Å². The van der Waals surface area contributed by atoms with E-state index in [1.165, 1.54) is 5.56 Å². The van der Waals surface area contributed by atoms with Crippen molar-refractivity contribution in [2.24, 2.45) is 0 Å². The maximum Gasteiger partial charge on any atom is 0.258 e. The van der Waals surface area contributed by atoms with Crippen LogP contribution in [0.2, 0.25) is 0 Å². The Morgan fingerprint density at radius 3 is 2.90 bits per heavy atom. The van der Waals surface area contributed by atoms with Crippen LogP contribution in [0.25, 0.3) is 0 Å². The highest BCUT2D eigenvalue weighted by Gasteiger charge is 2.31. The molecule has 1 atom stereocenters. The Labute approximate surface area is 124 Å². The highest BCUT2D eigenvalue weighted by molar-refractivity contribution is 6.07. The van der Waals surface area contributed by atoms with Crippen molar-refractivity contribution in [1.29, 1.82) is 5.26 Å². The molecular formula is C18H16N2O. The van der Waals surface area contributed by atoms with Gasteiger partial charge in [-0.1, -0.05) is 30.3 Å². The molecule has 0 radical (unpaired) electrons. The molecule has 0 saturated carbocycles. The molecule has 1 unspecified atom stereocenters. The normalized spacial score (nSPS) is 16.4. The minimum atomic E-state index is 0.00670. The fourth-order valence-electron chi connectivity index (χ4n) is 2.92. The monoisotopic (exact) mass is 276 g/mol. The van der Waals surface area contributed by atoms with Gasteiger partial charge in [-0.25, -0.2) is 0 Å². The summed E-state index contributed by atoms with van der Waals surface area (Å²) in [6.45, 7) is 2.07. The Bertz CT molecular complexity index is 730. The Kier molecular flexibility index (Phi) is 3.45. The van der Waals surface area contributed by atoms with Gasteiger partial charge < -0.3 is 4.90 Å². The van der Waals surface area contributed by atoms with Gasteiger partial charge in [0.15, 0.2) is 0 Å². The van der Waals surface area contributed by atoms with Crippen LogP contribution in [0.5, 0.6) is 0 Å². The number of amides is 1. The van der Waals surface area contributed by atoms with Crippen LogP contribution in [0.4, 0.5) is 5.69 Å². The molecule has 3 rings (SSSR count). The van der Waals surface area contributed by atoms with Crippen molar-refractivity contribution in [3.8, 4) is 6.07 Å². The zero-order valence-electron chi connectivity index (χ0n) is 11.9. The molecule has 0 aliphatic carbocycles. The minimum absolute atomic E-state index is 0.00670. The molecule has 0 bridgehead atoms. The zero-order chi connectivity index (χ0) is 14.8. The van der Waals surface area contributed by atoms with Crippen molar-refractivity contribution < 1.29 is 4.79 Å². The van der Waals surface area contributed by atoms with Crippen LogP contribution in [0.3, 0.4) is 0 Å². The topological polar surface area (TPSA) is 44.1 Å². The lowest BCUT2D eigenvalue weighted by Crippen LogP contribution is -2.35. The highest BCUT2D eigenvalue weighted by Crippen LogP contribution is 2.33. The summed E-state index contributed by atoms with van der Waals surface area (Å²) in [5, 5.41) is 8.79. The predicted octanol–water partition coefficient (Wildman–Crippen LogP) is 3.34. The summed E-state index contributed by atoms with van der Waals surface area (Å²) in [7, 11) is 0. The van der Waals surface area contributed by atoms with Gasteiger partial charge in [0.25, 0.3) is 5.91 Å². The Balaban J connectivity index is 1.96. The molecule has 2 aromatic carbocycles. The van der Waals surface area contributed by atoms with Gasteiger partial charge in [-0.3, -0.25) is 4.79 Å². The number of carbonyl (C=O) groups excluding carboxylic acids is 1. The van der Waals surface area contributed by atoms with Crippen LogP contribution in [-0.4, -0.2) is 11.9 Å². The largest absolute Gasteiger partial charge is 0.305 e. The van der Waals surface area contributed by atoms with Crippen LogP contribution in [0.1, 0.15) is 28.4 Å². The first-order valence-electron chi connectivity index (χ1n) is 7.08. The quantitative estimate of drug-likeness (QED) is 0.844. The second-order valence-corrected chi connectivity index (χ2v) is 5.39. The molecule has 3 nitrogen and oxygen atoms in total. The van der Waals surface area contributed by atoms with E-state index in [-0.39, 0.29) is 11.9 Å². The first-order chi connectivity index (χ1) is 10.2. The summed E-state index contributed by atoms with van der Waals surface area (Å²) in [5.74, 6) is 0.00670. The summed E-state index contributed by atoms with van der Waals surface area (Å²) in [5.41, 5.74) is 3.74. The summed E-state index contributed by atoms with van der Waals surface area (Å²) in [6, 6.07) is 17.7. The van der Waals surface area contributed by atoms with E-state index >= 15 is 0 Å². The number of hydrogen-bond donors (Lipinski definition) is 0. The van der Waals surface area contributed by atoms with Crippen molar-refractivity contribution >= 4 is 11.6 Å². The molecular weight excluding hydrogens is 260 g/mol. The van der Waals surface area contributed by atoms with Crippen molar-refractivity contribution in [1.82, 2.24) is 0 Å². The highest BCUT2D eigenvalue weighted by atomic mass is 16.2. The van der Waals surface area contributed by atoms with Crippen LogP contribution in [-0.2, 0) is 12.8 Å². The number of fused-ring (bicyclic) bond motifs is 1. The zero-order valence-corrected chi connectivity index (χ0v) is 11.9. The maximum absolute atomic E-state index is 12.8. The van der Waals surface area contributed by atoms with Gasteiger partial charge in [0, 0.05) is 17.3 Å². The molecule has 1 amide bonds. The summed E-state index contributed by atoms with van der Waals surface area (Å²) >= 11 is 0. The lowest BCUT2D eigenvalue weighted by Gasteiger charge is -2.23. The molecule has 0 fully saturated rings. The first-order valence-corrected chi connectivity index (χ1v) is 7.08. The van der Waals surface area contributed by atoms with E-state index in [0.29, 0.717) is 12.0 Å². The number of para-hydroxylation sites is 1. The number of rotatable bonds is 2. The number of carbonyl (C=O) groups is 1. The molecule has 3 heteroatoms. The summed E-state index contributed by atoms with van der Waals surface area (Å²) in [6.07, 6.45) is 1.22. The van der Waals surface area contributed by atoms with E-state index in [2.05, 4.69) is 19.1 Å². The van der Waals surface area contributed by atoms with E-state index in [4.69, 9.17) is 5.26 Å². The molecule has 0 spiro atoms. The molecule has 1 aliphatic rings. The van der Waals surface area contributed by atoms with Gasteiger partial charge in [0.05, 0.1) is 12.5 Å². The lowest BCUT2D eigenvalue weighted by atomic mass is 10.1. The lowest BCUT2D eigenvalue weighted by molar-refractivity contribution is 0.0981. The number of nitriles is 1. The molecule has 104 valence electrons.